The molecule has 2 rings (SSSR count). The molecule has 2 aromatic rings. The van der Waals surface area contributed by atoms with Gasteiger partial charge in [0, 0.05) is 11.6 Å². The molecule has 4 N–H and O–H groups in total. The van der Waals surface area contributed by atoms with Crippen LogP contribution in [-0.4, -0.2) is 23.4 Å². The van der Waals surface area contributed by atoms with E-state index in [1.54, 1.807) is 18.0 Å². The van der Waals surface area contributed by atoms with Gasteiger partial charge in [0.25, 0.3) is 0 Å². The maximum Gasteiger partial charge on any atom is 0.130 e. The monoisotopic (exact) mass is 246 g/mol. The average Bonchev–Trinajstić information content (AvgIpc) is 2.78. The first-order chi connectivity index (χ1) is 8.76. The van der Waals surface area contributed by atoms with Crippen LogP contribution in [0.2, 0.25) is 0 Å². The summed E-state index contributed by atoms with van der Waals surface area (Å²) in [7, 11) is 1.64. The zero-order valence-corrected chi connectivity index (χ0v) is 10.5. The van der Waals surface area contributed by atoms with Crippen molar-refractivity contribution in [1.29, 1.82) is 0 Å². The highest BCUT2D eigenvalue weighted by Gasteiger charge is 2.09. The van der Waals surface area contributed by atoms with Crippen molar-refractivity contribution < 1.29 is 4.74 Å². The van der Waals surface area contributed by atoms with Gasteiger partial charge < -0.3 is 16.2 Å². The number of hydrogen-bond acceptors (Lipinski definition) is 4. The van der Waals surface area contributed by atoms with Gasteiger partial charge >= 0.3 is 0 Å². The minimum absolute atomic E-state index is 0.657. The number of benzene rings is 1. The minimum atomic E-state index is 0.657. The van der Waals surface area contributed by atoms with E-state index in [1.165, 1.54) is 0 Å². The lowest BCUT2D eigenvalue weighted by atomic mass is 10.2. The van der Waals surface area contributed by atoms with Crippen molar-refractivity contribution in [1.82, 2.24) is 9.78 Å². The van der Waals surface area contributed by atoms with Crippen LogP contribution in [0.3, 0.4) is 0 Å². The Balaban J connectivity index is 2.30. The van der Waals surface area contributed by atoms with E-state index < -0.39 is 0 Å². The molecule has 0 aliphatic heterocycles. The lowest BCUT2D eigenvalue weighted by Gasteiger charge is -2.07. The van der Waals surface area contributed by atoms with E-state index in [9.17, 15) is 0 Å². The molecule has 0 unspecified atom stereocenters. The number of methoxy groups -OCH3 is 1. The fourth-order valence-electron chi connectivity index (χ4n) is 1.82. The Hall–Kier alpha value is -2.01. The Labute approximate surface area is 106 Å². The SMILES string of the molecule is COc1cccc(-n2ncc(CCCN)c2N)c1. The van der Waals surface area contributed by atoms with Crippen LogP contribution in [0.5, 0.6) is 5.75 Å². The molecule has 18 heavy (non-hydrogen) atoms. The van der Waals surface area contributed by atoms with E-state index in [0.717, 1.165) is 29.8 Å². The molecule has 5 nitrogen and oxygen atoms in total. The third kappa shape index (κ3) is 2.46. The molecule has 0 radical (unpaired) electrons. The molecule has 0 bridgehead atoms. The number of ether oxygens (including phenoxy) is 1. The van der Waals surface area contributed by atoms with Gasteiger partial charge in [0.2, 0.25) is 0 Å². The highest BCUT2D eigenvalue weighted by molar-refractivity contribution is 5.49. The molecule has 1 aromatic carbocycles. The van der Waals surface area contributed by atoms with Gasteiger partial charge in [-0.2, -0.15) is 5.10 Å². The third-order valence-electron chi connectivity index (χ3n) is 2.83. The first-order valence-corrected chi connectivity index (χ1v) is 5.93. The van der Waals surface area contributed by atoms with Crippen molar-refractivity contribution in [2.24, 2.45) is 5.73 Å². The number of nitrogens with two attached hydrogens (primary N) is 2. The maximum atomic E-state index is 6.09. The summed E-state index contributed by atoms with van der Waals surface area (Å²) in [4.78, 5) is 0. The van der Waals surface area contributed by atoms with Crippen LogP contribution >= 0.6 is 0 Å². The summed E-state index contributed by atoms with van der Waals surface area (Å²) in [6.07, 6.45) is 3.56. The molecule has 1 aromatic heterocycles. The lowest BCUT2D eigenvalue weighted by Crippen LogP contribution is -2.05. The second kappa shape index (κ2) is 5.55. The normalized spacial score (nSPS) is 10.6. The number of aryl methyl sites for hydroxylation is 1. The topological polar surface area (TPSA) is 79.1 Å². The number of nitrogens with zero attached hydrogens (tertiary/aromatic N) is 2. The molecular formula is C13H18N4O. The van der Waals surface area contributed by atoms with Crippen molar-refractivity contribution >= 4 is 5.82 Å². The van der Waals surface area contributed by atoms with Crippen molar-refractivity contribution in [3.05, 3.63) is 36.0 Å². The number of aromatic nitrogens is 2. The second-order valence-corrected chi connectivity index (χ2v) is 4.06. The van der Waals surface area contributed by atoms with Crippen molar-refractivity contribution in [3.8, 4) is 11.4 Å². The molecule has 0 saturated carbocycles. The van der Waals surface area contributed by atoms with E-state index in [0.29, 0.717) is 12.4 Å². The van der Waals surface area contributed by atoms with Crippen LogP contribution in [0, 0.1) is 0 Å². The standard InChI is InChI=1S/C13H18N4O/c1-18-12-6-2-5-11(8-12)17-13(15)10(9-16-17)4-3-7-14/h2,5-6,8-9H,3-4,7,14-15H2,1H3. The zero-order valence-electron chi connectivity index (χ0n) is 10.5. The number of hydrogen-bond donors (Lipinski definition) is 2. The molecule has 0 saturated heterocycles. The van der Waals surface area contributed by atoms with Gasteiger partial charge in [0.15, 0.2) is 0 Å². The van der Waals surface area contributed by atoms with Gasteiger partial charge in [0.05, 0.1) is 19.0 Å². The summed E-state index contributed by atoms with van der Waals surface area (Å²) in [5.74, 6) is 1.45. The highest BCUT2D eigenvalue weighted by Crippen LogP contribution is 2.21. The zero-order chi connectivity index (χ0) is 13.0. The van der Waals surface area contributed by atoms with Gasteiger partial charge in [-0.3, -0.25) is 0 Å². The van der Waals surface area contributed by atoms with E-state index >= 15 is 0 Å². The molecular weight excluding hydrogens is 228 g/mol. The molecule has 0 aliphatic carbocycles. The first kappa shape index (κ1) is 12.4. The Morgan fingerprint density at radius 2 is 2.22 bits per heavy atom. The molecule has 0 fully saturated rings. The van der Waals surface area contributed by atoms with E-state index in [-0.39, 0.29) is 0 Å². The predicted molar refractivity (Wildman–Crippen MR) is 71.9 cm³/mol. The highest BCUT2D eigenvalue weighted by atomic mass is 16.5. The van der Waals surface area contributed by atoms with Gasteiger partial charge in [-0.15, -0.1) is 0 Å². The summed E-state index contributed by atoms with van der Waals surface area (Å²) in [6, 6.07) is 7.64. The van der Waals surface area contributed by atoms with Crippen LogP contribution in [-0.2, 0) is 6.42 Å². The summed E-state index contributed by atoms with van der Waals surface area (Å²) in [5, 5.41) is 4.31. The summed E-state index contributed by atoms with van der Waals surface area (Å²) in [5.41, 5.74) is 13.5. The summed E-state index contributed by atoms with van der Waals surface area (Å²) >= 11 is 0. The molecule has 5 heteroatoms. The fraction of sp³-hybridized carbons (Fsp3) is 0.308. The predicted octanol–water partition coefficient (Wildman–Crippen LogP) is 1.35. The second-order valence-electron chi connectivity index (χ2n) is 4.06. The molecule has 0 spiro atoms. The van der Waals surface area contributed by atoms with Crippen molar-refractivity contribution in [2.45, 2.75) is 12.8 Å². The van der Waals surface area contributed by atoms with E-state index in [1.807, 2.05) is 24.3 Å². The van der Waals surface area contributed by atoms with Crippen molar-refractivity contribution in [2.75, 3.05) is 19.4 Å². The van der Waals surface area contributed by atoms with E-state index in [2.05, 4.69) is 5.10 Å². The molecule has 0 amide bonds. The Morgan fingerprint density at radius 1 is 1.39 bits per heavy atom. The number of nitrogen functional groups attached to an aromatic ring is 1. The number of rotatable bonds is 5. The smallest absolute Gasteiger partial charge is 0.130 e. The Morgan fingerprint density at radius 3 is 2.94 bits per heavy atom. The van der Waals surface area contributed by atoms with Crippen molar-refractivity contribution in [3.63, 3.8) is 0 Å². The molecule has 0 aliphatic rings. The third-order valence-corrected chi connectivity index (χ3v) is 2.83. The van der Waals surface area contributed by atoms with Crippen LogP contribution in [0.1, 0.15) is 12.0 Å². The summed E-state index contributed by atoms with van der Waals surface area (Å²) in [6.45, 7) is 0.657. The average molecular weight is 246 g/mol. The lowest BCUT2D eigenvalue weighted by molar-refractivity contribution is 0.414. The molecule has 0 atom stereocenters. The first-order valence-electron chi connectivity index (χ1n) is 5.93. The van der Waals surface area contributed by atoms with Gasteiger partial charge in [0.1, 0.15) is 11.6 Å². The van der Waals surface area contributed by atoms with Crippen LogP contribution in [0.25, 0.3) is 5.69 Å². The van der Waals surface area contributed by atoms with Gasteiger partial charge in [-0.25, -0.2) is 4.68 Å². The fourth-order valence-corrected chi connectivity index (χ4v) is 1.82. The van der Waals surface area contributed by atoms with Crippen LogP contribution in [0.4, 0.5) is 5.82 Å². The minimum Gasteiger partial charge on any atom is -0.497 e. The molecule has 1 heterocycles. The van der Waals surface area contributed by atoms with Gasteiger partial charge in [-0.05, 0) is 31.5 Å². The largest absolute Gasteiger partial charge is 0.497 e. The summed E-state index contributed by atoms with van der Waals surface area (Å²) < 4.78 is 6.91. The molecule has 96 valence electrons. The van der Waals surface area contributed by atoms with E-state index in [4.69, 9.17) is 16.2 Å². The van der Waals surface area contributed by atoms with Gasteiger partial charge in [-0.1, -0.05) is 6.07 Å². The maximum absolute atomic E-state index is 6.09. The quantitative estimate of drug-likeness (QED) is 0.834. The number of anilines is 1. The Bertz CT molecular complexity index is 521. The van der Waals surface area contributed by atoms with Crippen LogP contribution in [0.15, 0.2) is 30.5 Å². The Kier molecular flexibility index (Phi) is 3.84. The van der Waals surface area contributed by atoms with Crippen LogP contribution < -0.4 is 16.2 Å².